The number of primary amides is 1. The lowest BCUT2D eigenvalue weighted by atomic mass is 10.5. The van der Waals surface area contributed by atoms with E-state index in [2.05, 4.69) is 5.32 Å². The maximum Gasteiger partial charge on any atom is 0.304 e. The van der Waals surface area contributed by atoms with Crippen molar-refractivity contribution < 1.29 is 18.1 Å². The maximum atomic E-state index is 11.7. The Labute approximate surface area is 106 Å². The van der Waals surface area contributed by atoms with Crippen LogP contribution in [0.15, 0.2) is 10.3 Å². The van der Waals surface area contributed by atoms with Gasteiger partial charge in [0.15, 0.2) is 5.00 Å². The van der Waals surface area contributed by atoms with Gasteiger partial charge in [0.1, 0.15) is 4.21 Å². The predicted octanol–water partition coefficient (Wildman–Crippen LogP) is -0.538. The van der Waals surface area contributed by atoms with Crippen LogP contribution in [0.4, 0.5) is 10.7 Å². The molecule has 1 amide bonds. The number of hydrogen-bond acceptors (Lipinski definition) is 7. The highest BCUT2D eigenvalue weighted by atomic mass is 32.2. The molecule has 11 heteroatoms. The number of sulfonamides is 1. The Bertz CT molecular complexity index is 579. The van der Waals surface area contributed by atoms with Gasteiger partial charge >= 0.3 is 5.69 Å². The van der Waals surface area contributed by atoms with Crippen molar-refractivity contribution in [3.05, 3.63) is 16.2 Å². The fraction of sp³-hybridized carbons (Fsp3) is 0.286. The maximum absolute atomic E-state index is 11.7. The number of carbonyl (C=O) groups is 1. The third kappa shape index (κ3) is 3.15. The molecule has 0 saturated carbocycles. The molecule has 0 aromatic carbocycles. The number of nitrogens with two attached hydrogens (primary N) is 1. The van der Waals surface area contributed by atoms with Crippen molar-refractivity contribution in [3.8, 4) is 0 Å². The van der Waals surface area contributed by atoms with Crippen LogP contribution in [0.2, 0.25) is 0 Å². The lowest BCUT2D eigenvalue weighted by Crippen LogP contribution is -2.32. The highest BCUT2D eigenvalue weighted by Gasteiger charge is 2.25. The molecule has 1 aromatic heterocycles. The van der Waals surface area contributed by atoms with Crippen LogP contribution in [0.3, 0.4) is 0 Å². The smallest absolute Gasteiger partial charge is 0.304 e. The summed E-state index contributed by atoms with van der Waals surface area (Å²) >= 11 is 0.691. The molecule has 18 heavy (non-hydrogen) atoms. The minimum absolute atomic E-state index is 0.111. The second-order valence-corrected chi connectivity index (χ2v) is 6.12. The average molecular weight is 294 g/mol. The standard InChI is InChI=1S/C7H10N4O5S2/c1-9-7-4(11(13)14)2-6(17-7)18(15,16)10-3-5(8)12/h2,9-10H,3H2,1H3,(H2,8,12). The van der Waals surface area contributed by atoms with Crippen LogP contribution in [0.25, 0.3) is 0 Å². The number of anilines is 1. The van der Waals surface area contributed by atoms with E-state index < -0.39 is 27.4 Å². The molecule has 1 heterocycles. The van der Waals surface area contributed by atoms with Crippen LogP contribution >= 0.6 is 11.3 Å². The first-order valence-electron chi connectivity index (χ1n) is 4.52. The number of nitrogens with one attached hydrogen (secondary N) is 2. The molecule has 1 rings (SSSR count). The monoisotopic (exact) mass is 294 g/mol. The second kappa shape index (κ2) is 5.29. The van der Waals surface area contributed by atoms with E-state index in [9.17, 15) is 23.3 Å². The molecule has 100 valence electrons. The summed E-state index contributed by atoms with van der Waals surface area (Å²) in [6, 6.07) is 0.916. The molecule has 1 aromatic rings. The van der Waals surface area contributed by atoms with Crippen LogP contribution in [0.1, 0.15) is 0 Å². The first kappa shape index (κ1) is 14.3. The van der Waals surface area contributed by atoms with Crippen molar-refractivity contribution in [1.29, 1.82) is 0 Å². The molecule has 0 bridgehead atoms. The Morgan fingerprint density at radius 1 is 1.61 bits per heavy atom. The lowest BCUT2D eigenvalue weighted by Gasteiger charge is -2.00. The molecule has 0 aliphatic rings. The average Bonchev–Trinajstić information content (AvgIpc) is 2.71. The summed E-state index contributed by atoms with van der Waals surface area (Å²) in [5.41, 5.74) is 4.46. The fourth-order valence-corrected chi connectivity index (χ4v) is 3.36. The van der Waals surface area contributed by atoms with E-state index in [4.69, 9.17) is 5.73 Å². The van der Waals surface area contributed by atoms with Crippen LogP contribution in [0.5, 0.6) is 0 Å². The third-order valence-electron chi connectivity index (χ3n) is 1.81. The van der Waals surface area contributed by atoms with Gasteiger partial charge in [-0.3, -0.25) is 14.9 Å². The number of amides is 1. The number of nitro groups is 1. The summed E-state index contributed by atoms with van der Waals surface area (Å²) in [5.74, 6) is -0.849. The summed E-state index contributed by atoms with van der Waals surface area (Å²) in [5, 5.41) is 13.3. The molecule has 0 radical (unpaired) electrons. The fourth-order valence-electron chi connectivity index (χ4n) is 1.04. The van der Waals surface area contributed by atoms with E-state index in [-0.39, 0.29) is 14.9 Å². The Kier molecular flexibility index (Phi) is 4.21. The number of nitrogens with zero attached hydrogens (tertiary/aromatic N) is 1. The van der Waals surface area contributed by atoms with E-state index in [1.807, 2.05) is 4.72 Å². The van der Waals surface area contributed by atoms with Crippen LogP contribution < -0.4 is 15.8 Å². The Hall–Kier alpha value is -1.72. The van der Waals surface area contributed by atoms with Crippen molar-refractivity contribution in [2.75, 3.05) is 18.9 Å². The normalized spacial score (nSPS) is 11.2. The van der Waals surface area contributed by atoms with Crippen molar-refractivity contribution in [2.24, 2.45) is 5.73 Å². The SMILES string of the molecule is CNc1sc(S(=O)(=O)NCC(N)=O)cc1[N+](=O)[O-]. The van der Waals surface area contributed by atoms with Gasteiger partial charge in [-0.25, -0.2) is 13.1 Å². The molecule has 0 saturated heterocycles. The zero-order valence-corrected chi connectivity index (χ0v) is 10.8. The van der Waals surface area contributed by atoms with Crippen molar-refractivity contribution in [2.45, 2.75) is 4.21 Å². The zero-order chi connectivity index (χ0) is 13.9. The van der Waals surface area contributed by atoms with Crippen molar-refractivity contribution >= 4 is 38.0 Å². The van der Waals surface area contributed by atoms with Gasteiger partial charge in [0.2, 0.25) is 5.91 Å². The number of rotatable bonds is 6. The third-order valence-corrected chi connectivity index (χ3v) is 4.83. The summed E-state index contributed by atoms with van der Waals surface area (Å²) in [4.78, 5) is 20.5. The van der Waals surface area contributed by atoms with Gasteiger partial charge in [-0.15, -0.1) is 0 Å². The van der Waals surface area contributed by atoms with Gasteiger partial charge in [0.25, 0.3) is 10.0 Å². The Morgan fingerprint density at radius 2 is 2.22 bits per heavy atom. The quantitative estimate of drug-likeness (QED) is 0.474. The van der Waals surface area contributed by atoms with Crippen LogP contribution in [-0.2, 0) is 14.8 Å². The van der Waals surface area contributed by atoms with Gasteiger partial charge in [0, 0.05) is 13.1 Å². The predicted molar refractivity (Wildman–Crippen MR) is 64.9 cm³/mol. The summed E-state index contributed by atoms with van der Waals surface area (Å²) in [6.45, 7) is -0.567. The lowest BCUT2D eigenvalue weighted by molar-refractivity contribution is -0.383. The molecule has 0 unspecified atom stereocenters. The molecular weight excluding hydrogens is 284 g/mol. The van der Waals surface area contributed by atoms with Crippen molar-refractivity contribution in [3.63, 3.8) is 0 Å². The molecule has 0 aliphatic heterocycles. The van der Waals surface area contributed by atoms with Gasteiger partial charge in [-0.1, -0.05) is 11.3 Å². The molecule has 9 nitrogen and oxygen atoms in total. The summed E-state index contributed by atoms with van der Waals surface area (Å²) < 4.78 is 25.0. The molecule has 0 atom stereocenters. The largest absolute Gasteiger partial charge is 0.374 e. The Balaban J connectivity index is 3.10. The topological polar surface area (TPSA) is 144 Å². The highest BCUT2D eigenvalue weighted by molar-refractivity contribution is 7.91. The van der Waals surface area contributed by atoms with E-state index in [1.54, 1.807) is 0 Å². The summed E-state index contributed by atoms with van der Waals surface area (Å²) in [6.07, 6.45) is 0. The first-order chi connectivity index (χ1) is 8.27. The van der Waals surface area contributed by atoms with E-state index in [0.717, 1.165) is 6.07 Å². The van der Waals surface area contributed by atoms with Crippen molar-refractivity contribution in [1.82, 2.24) is 4.72 Å². The number of carbonyl (C=O) groups excluding carboxylic acids is 1. The highest BCUT2D eigenvalue weighted by Crippen LogP contribution is 2.36. The van der Waals surface area contributed by atoms with Gasteiger partial charge in [-0.2, -0.15) is 0 Å². The number of hydrogen-bond donors (Lipinski definition) is 3. The van der Waals surface area contributed by atoms with E-state index in [0.29, 0.717) is 11.3 Å². The zero-order valence-electron chi connectivity index (χ0n) is 9.17. The molecular formula is C7H10N4O5S2. The van der Waals surface area contributed by atoms with E-state index >= 15 is 0 Å². The first-order valence-corrected chi connectivity index (χ1v) is 6.82. The second-order valence-electron chi connectivity index (χ2n) is 3.08. The minimum atomic E-state index is -3.98. The van der Waals surface area contributed by atoms with Gasteiger partial charge < -0.3 is 11.1 Å². The minimum Gasteiger partial charge on any atom is -0.374 e. The van der Waals surface area contributed by atoms with E-state index in [1.165, 1.54) is 7.05 Å². The Morgan fingerprint density at radius 3 is 2.61 bits per heavy atom. The van der Waals surface area contributed by atoms with Crippen LogP contribution in [-0.4, -0.2) is 32.8 Å². The number of thiophene rings is 1. The summed E-state index contributed by atoms with van der Waals surface area (Å²) in [7, 11) is -2.54. The molecule has 0 fully saturated rings. The van der Waals surface area contributed by atoms with Gasteiger partial charge in [0.05, 0.1) is 11.5 Å². The van der Waals surface area contributed by atoms with Gasteiger partial charge in [-0.05, 0) is 0 Å². The molecule has 0 spiro atoms. The molecule has 0 aliphatic carbocycles. The van der Waals surface area contributed by atoms with Crippen LogP contribution in [0, 0.1) is 10.1 Å². The molecule has 4 N–H and O–H groups in total.